The van der Waals surface area contributed by atoms with Gasteiger partial charge in [-0.3, -0.25) is 4.57 Å². The second-order valence-corrected chi connectivity index (χ2v) is 12.2. The van der Waals surface area contributed by atoms with E-state index in [1.165, 1.54) is 44.2 Å². The molecule has 7 aromatic rings. The first-order valence-electron chi connectivity index (χ1n) is 15.2. The highest BCUT2D eigenvalue weighted by atomic mass is 16.5. The molecule has 0 saturated carbocycles. The number of rotatable bonds is 6. The van der Waals surface area contributed by atoms with Gasteiger partial charge >= 0.3 is 0 Å². The summed E-state index contributed by atoms with van der Waals surface area (Å²) in [6.07, 6.45) is 5.94. The molecule has 0 N–H and O–H groups in total. The van der Waals surface area contributed by atoms with Crippen LogP contribution in [0.4, 0.5) is 0 Å². The lowest BCUT2D eigenvalue weighted by molar-refractivity contribution is 0.481. The Morgan fingerprint density at radius 1 is 0.705 bits per heavy atom. The molecule has 0 amide bonds. The van der Waals surface area contributed by atoms with Crippen molar-refractivity contribution in [2.75, 3.05) is 0 Å². The minimum atomic E-state index is 0.325. The van der Waals surface area contributed by atoms with Gasteiger partial charge in [0.05, 0.1) is 22.9 Å². The smallest absolute Gasteiger partial charge is 0.137 e. The van der Waals surface area contributed by atoms with Crippen LogP contribution in [0.25, 0.3) is 44.4 Å². The van der Waals surface area contributed by atoms with Crippen molar-refractivity contribution < 1.29 is 4.74 Å². The summed E-state index contributed by atoms with van der Waals surface area (Å²) < 4.78 is 10.8. The van der Waals surface area contributed by atoms with E-state index in [0.29, 0.717) is 5.92 Å². The van der Waals surface area contributed by atoms with Crippen molar-refractivity contribution in [3.05, 3.63) is 131 Å². The predicted molar refractivity (Wildman–Crippen MR) is 181 cm³/mol. The molecule has 5 heteroatoms. The van der Waals surface area contributed by atoms with Crippen molar-refractivity contribution in [1.29, 1.82) is 0 Å². The topological polar surface area (TPSA) is 44.9 Å². The molecule has 0 unspecified atom stereocenters. The lowest BCUT2D eigenvalue weighted by Crippen LogP contribution is -1.99. The van der Waals surface area contributed by atoms with E-state index < -0.39 is 0 Å². The van der Waals surface area contributed by atoms with Gasteiger partial charge in [-0.1, -0.05) is 49.7 Å². The molecular weight excluding hydrogens is 540 g/mol. The van der Waals surface area contributed by atoms with Gasteiger partial charge in [-0.05, 0) is 104 Å². The van der Waals surface area contributed by atoms with Crippen molar-refractivity contribution in [3.8, 4) is 34.1 Å². The Hall–Kier alpha value is -5.16. The van der Waals surface area contributed by atoms with E-state index in [-0.39, 0.29) is 0 Å². The summed E-state index contributed by atoms with van der Waals surface area (Å²) in [5, 5.41) is 7.14. The normalized spacial score (nSPS) is 11.6. The molecule has 0 aliphatic carbocycles. The second-order valence-electron chi connectivity index (χ2n) is 12.2. The first-order valence-corrected chi connectivity index (χ1v) is 15.2. The molecule has 218 valence electrons. The summed E-state index contributed by atoms with van der Waals surface area (Å²) in [6.45, 7) is 13.0. The molecule has 4 aromatic carbocycles. The summed E-state index contributed by atoms with van der Waals surface area (Å²) in [6, 6.07) is 29.8. The van der Waals surface area contributed by atoms with Gasteiger partial charge in [-0.15, -0.1) is 0 Å². The third-order valence-corrected chi connectivity index (χ3v) is 8.40. The van der Waals surface area contributed by atoms with Gasteiger partial charge in [0.2, 0.25) is 0 Å². The Bertz CT molecular complexity index is 2160. The molecule has 0 aliphatic heterocycles. The van der Waals surface area contributed by atoms with E-state index in [1.54, 1.807) is 0 Å². The third-order valence-electron chi connectivity index (χ3n) is 8.40. The molecule has 0 bridgehead atoms. The molecule has 0 radical (unpaired) electrons. The Balaban J connectivity index is 1.30. The van der Waals surface area contributed by atoms with E-state index in [9.17, 15) is 0 Å². The Kier molecular flexibility index (Phi) is 6.81. The van der Waals surface area contributed by atoms with Crippen LogP contribution < -0.4 is 4.74 Å². The molecule has 0 atom stereocenters. The van der Waals surface area contributed by atoms with Crippen LogP contribution in [0.2, 0.25) is 0 Å². The van der Waals surface area contributed by atoms with Crippen LogP contribution in [0.5, 0.6) is 11.5 Å². The summed E-state index contributed by atoms with van der Waals surface area (Å²) in [5.41, 5.74) is 11.7. The van der Waals surface area contributed by atoms with Crippen LogP contribution >= 0.6 is 0 Å². The van der Waals surface area contributed by atoms with Gasteiger partial charge in [0.1, 0.15) is 17.3 Å². The highest BCUT2D eigenvalue weighted by Crippen LogP contribution is 2.36. The second kappa shape index (κ2) is 10.8. The van der Waals surface area contributed by atoms with Crippen molar-refractivity contribution in [2.24, 2.45) is 0 Å². The zero-order chi connectivity index (χ0) is 30.5. The van der Waals surface area contributed by atoms with Gasteiger partial charge in [0, 0.05) is 40.9 Å². The maximum atomic E-state index is 6.62. The summed E-state index contributed by atoms with van der Waals surface area (Å²) >= 11 is 0. The van der Waals surface area contributed by atoms with Crippen molar-refractivity contribution in [1.82, 2.24) is 19.3 Å². The maximum Gasteiger partial charge on any atom is 0.137 e. The van der Waals surface area contributed by atoms with E-state index >= 15 is 0 Å². The highest BCUT2D eigenvalue weighted by Gasteiger charge is 2.16. The number of hydrogen-bond acceptors (Lipinski definition) is 3. The van der Waals surface area contributed by atoms with Crippen LogP contribution in [0.15, 0.2) is 104 Å². The largest absolute Gasteiger partial charge is 0.457 e. The fourth-order valence-corrected chi connectivity index (χ4v) is 6.40. The molecule has 44 heavy (non-hydrogen) atoms. The number of fused-ring (bicyclic) bond motifs is 3. The molecule has 3 aromatic heterocycles. The van der Waals surface area contributed by atoms with Crippen LogP contribution in [0.1, 0.15) is 47.6 Å². The lowest BCUT2D eigenvalue weighted by Gasteiger charge is -2.14. The van der Waals surface area contributed by atoms with Crippen molar-refractivity contribution in [3.63, 3.8) is 0 Å². The molecule has 0 saturated heterocycles. The van der Waals surface area contributed by atoms with Crippen LogP contribution in [-0.2, 0) is 0 Å². The van der Waals surface area contributed by atoms with Gasteiger partial charge in [-0.25, -0.2) is 9.67 Å². The van der Waals surface area contributed by atoms with Gasteiger partial charge in [0.25, 0.3) is 0 Å². The third kappa shape index (κ3) is 4.94. The number of aryl methyl sites for hydroxylation is 4. The van der Waals surface area contributed by atoms with E-state index in [2.05, 4.69) is 131 Å². The zero-order valence-electron chi connectivity index (χ0n) is 26.1. The molecular formula is C39H36N4O. The average Bonchev–Trinajstić information content (AvgIpc) is 3.59. The Morgan fingerprint density at radius 3 is 2.25 bits per heavy atom. The number of nitrogens with zero attached hydrogens (tertiary/aromatic N) is 4. The first kappa shape index (κ1) is 27.7. The zero-order valence-corrected chi connectivity index (χ0v) is 26.1. The fraction of sp³-hybridized carbons (Fsp3) is 0.179. The Morgan fingerprint density at radius 2 is 1.48 bits per heavy atom. The van der Waals surface area contributed by atoms with E-state index in [1.807, 2.05) is 23.1 Å². The van der Waals surface area contributed by atoms with E-state index in [4.69, 9.17) is 14.8 Å². The van der Waals surface area contributed by atoms with Gasteiger partial charge < -0.3 is 4.74 Å². The fourth-order valence-electron chi connectivity index (χ4n) is 6.40. The Labute approximate surface area is 258 Å². The average molecular weight is 577 g/mol. The van der Waals surface area contributed by atoms with Crippen LogP contribution in [0, 0.1) is 27.7 Å². The van der Waals surface area contributed by atoms with Crippen LogP contribution in [-0.4, -0.2) is 19.3 Å². The predicted octanol–water partition coefficient (Wildman–Crippen LogP) is 10.2. The summed E-state index contributed by atoms with van der Waals surface area (Å²) in [5.74, 6) is 2.77. The minimum absolute atomic E-state index is 0.325. The van der Waals surface area contributed by atoms with Crippen LogP contribution in [0.3, 0.4) is 0 Å². The number of aromatic nitrogens is 4. The van der Waals surface area contributed by atoms with Gasteiger partial charge in [-0.2, -0.15) is 5.10 Å². The number of hydrogen-bond donors (Lipinski definition) is 0. The number of para-hydroxylation sites is 1. The monoisotopic (exact) mass is 576 g/mol. The van der Waals surface area contributed by atoms with E-state index in [0.717, 1.165) is 39.6 Å². The summed E-state index contributed by atoms with van der Waals surface area (Å²) in [7, 11) is 0. The molecule has 0 spiro atoms. The highest BCUT2D eigenvalue weighted by molar-refractivity contribution is 6.09. The lowest BCUT2D eigenvalue weighted by atomic mass is 9.96. The number of ether oxygens (including phenoxy) is 1. The minimum Gasteiger partial charge on any atom is -0.457 e. The molecule has 5 nitrogen and oxygen atoms in total. The van der Waals surface area contributed by atoms with Crippen molar-refractivity contribution in [2.45, 2.75) is 47.5 Å². The van der Waals surface area contributed by atoms with Crippen molar-refractivity contribution >= 4 is 21.8 Å². The van der Waals surface area contributed by atoms with Gasteiger partial charge in [0.15, 0.2) is 0 Å². The number of pyridine rings is 1. The standard InChI is InChI=1S/C39H36N4O/c1-24(2)29-18-31(42-23-30(22-41-42)39-27(5)15-26(4)16-28(39)6)20-33(19-29)44-32-11-12-35-34-9-7-8-10-36(34)43(37(35)21-32)38-17-25(3)13-14-40-38/h7-24H,1-6H3. The first-order chi connectivity index (χ1) is 21.2. The number of benzene rings is 4. The quantitative estimate of drug-likeness (QED) is 0.198. The molecule has 3 heterocycles. The maximum absolute atomic E-state index is 6.62. The summed E-state index contributed by atoms with van der Waals surface area (Å²) in [4.78, 5) is 4.72. The molecule has 0 fully saturated rings. The molecule has 0 aliphatic rings. The molecule has 7 rings (SSSR count). The SMILES string of the molecule is Cc1ccnc(-n2c3ccccc3c3ccc(Oc4cc(C(C)C)cc(-n5cc(-c6c(C)cc(C)cc6C)cn5)c4)cc32)c1.